The van der Waals surface area contributed by atoms with Crippen LogP contribution in [-0.4, -0.2) is 45.1 Å². The number of nitriles is 1. The number of benzene rings is 1. The average molecular weight is 483 g/mol. The molecule has 0 saturated carbocycles. The summed E-state index contributed by atoms with van der Waals surface area (Å²) >= 11 is 0. The van der Waals surface area contributed by atoms with Crippen molar-refractivity contribution in [3.8, 4) is 6.07 Å². The highest BCUT2D eigenvalue weighted by atomic mass is 19.1. The third kappa shape index (κ3) is 4.34. The van der Waals surface area contributed by atoms with Crippen molar-refractivity contribution in [2.75, 3.05) is 24.5 Å². The first kappa shape index (κ1) is 23.6. The van der Waals surface area contributed by atoms with Crippen molar-refractivity contribution in [2.24, 2.45) is 7.05 Å². The van der Waals surface area contributed by atoms with Gasteiger partial charge in [0.1, 0.15) is 23.1 Å². The van der Waals surface area contributed by atoms with Crippen molar-refractivity contribution in [1.29, 1.82) is 5.26 Å². The van der Waals surface area contributed by atoms with Crippen LogP contribution in [-0.2, 0) is 7.05 Å². The summed E-state index contributed by atoms with van der Waals surface area (Å²) in [5.74, 6) is -0.360. The quantitative estimate of drug-likeness (QED) is 0.438. The summed E-state index contributed by atoms with van der Waals surface area (Å²) in [6, 6.07) is 18.6. The van der Waals surface area contributed by atoms with Crippen LogP contribution in [0.2, 0.25) is 0 Å². The van der Waals surface area contributed by atoms with Gasteiger partial charge >= 0.3 is 0 Å². The summed E-state index contributed by atoms with van der Waals surface area (Å²) in [5.41, 5.74) is 5.33. The van der Waals surface area contributed by atoms with E-state index in [0.29, 0.717) is 36.4 Å². The van der Waals surface area contributed by atoms with E-state index in [2.05, 4.69) is 63.9 Å². The molecule has 5 rings (SSSR count). The second-order valence-electron chi connectivity index (χ2n) is 9.35. The van der Waals surface area contributed by atoms with Gasteiger partial charge in [0.15, 0.2) is 0 Å². The van der Waals surface area contributed by atoms with Gasteiger partial charge in [-0.2, -0.15) is 5.26 Å². The zero-order valence-electron chi connectivity index (χ0n) is 20.5. The molecule has 4 heterocycles. The summed E-state index contributed by atoms with van der Waals surface area (Å²) in [7, 11) is 1.71. The van der Waals surface area contributed by atoms with Gasteiger partial charge in [0, 0.05) is 38.8 Å². The van der Waals surface area contributed by atoms with Crippen LogP contribution in [0, 0.1) is 24.1 Å². The van der Waals surface area contributed by atoms with E-state index in [4.69, 9.17) is 0 Å². The standard InChI is InChI=1S/C28H27FN6O/c1-18-4-6-20(7-5-18)28(23-10-8-21(29)16-31-23)34-12-13-35(19(2)17-34)25-14-26(36)33(3)24-11-9-22(15-30)32-27(24)25/h4-11,14,16,19,28H,12-13,17H2,1-3H3/t19-,28?/m0/s1. The second kappa shape index (κ2) is 9.51. The average Bonchev–Trinajstić information content (AvgIpc) is 2.88. The Morgan fingerprint density at radius 2 is 1.89 bits per heavy atom. The normalized spacial score (nSPS) is 17.2. The van der Waals surface area contributed by atoms with E-state index in [1.54, 1.807) is 35.9 Å². The lowest BCUT2D eigenvalue weighted by molar-refractivity contribution is 0.185. The van der Waals surface area contributed by atoms with Crippen molar-refractivity contribution < 1.29 is 4.39 Å². The van der Waals surface area contributed by atoms with Gasteiger partial charge in [-0.15, -0.1) is 0 Å². The fourth-order valence-electron chi connectivity index (χ4n) is 5.04. The Kier molecular flexibility index (Phi) is 6.25. The molecule has 1 aromatic carbocycles. The predicted octanol–water partition coefficient (Wildman–Crippen LogP) is 3.95. The molecule has 1 fully saturated rings. The van der Waals surface area contributed by atoms with Crippen LogP contribution in [0.4, 0.5) is 10.1 Å². The Bertz CT molecular complexity index is 1460. The van der Waals surface area contributed by atoms with Crippen LogP contribution in [0.3, 0.4) is 0 Å². The summed E-state index contributed by atoms with van der Waals surface area (Å²) in [5, 5.41) is 9.39. The van der Waals surface area contributed by atoms with E-state index < -0.39 is 0 Å². The predicted molar refractivity (Wildman–Crippen MR) is 137 cm³/mol. The molecule has 0 bridgehead atoms. The first-order valence-corrected chi connectivity index (χ1v) is 12.0. The minimum Gasteiger partial charge on any atom is -0.364 e. The molecular weight excluding hydrogens is 455 g/mol. The van der Waals surface area contributed by atoms with Gasteiger partial charge in [-0.1, -0.05) is 29.8 Å². The van der Waals surface area contributed by atoms with Crippen molar-refractivity contribution in [3.63, 3.8) is 0 Å². The van der Waals surface area contributed by atoms with E-state index in [-0.39, 0.29) is 23.5 Å². The number of pyridine rings is 3. The lowest BCUT2D eigenvalue weighted by Gasteiger charge is -2.44. The number of piperazine rings is 1. The van der Waals surface area contributed by atoms with E-state index in [1.165, 1.54) is 17.8 Å². The molecule has 36 heavy (non-hydrogen) atoms. The van der Waals surface area contributed by atoms with Crippen molar-refractivity contribution in [1.82, 2.24) is 19.4 Å². The smallest absolute Gasteiger partial charge is 0.252 e. The molecule has 1 aliphatic heterocycles. The maximum absolute atomic E-state index is 13.7. The van der Waals surface area contributed by atoms with Crippen molar-refractivity contribution in [2.45, 2.75) is 25.9 Å². The van der Waals surface area contributed by atoms with Gasteiger partial charge in [-0.25, -0.2) is 9.37 Å². The molecule has 0 N–H and O–H groups in total. The molecule has 1 aliphatic rings. The number of rotatable bonds is 4. The monoisotopic (exact) mass is 482 g/mol. The van der Waals surface area contributed by atoms with Crippen LogP contribution in [0.5, 0.6) is 0 Å². The number of nitrogens with zero attached hydrogens (tertiary/aromatic N) is 6. The Labute approximate surface area is 209 Å². The number of hydrogen-bond acceptors (Lipinski definition) is 6. The molecule has 0 radical (unpaired) electrons. The highest BCUT2D eigenvalue weighted by Crippen LogP contribution is 2.33. The first-order chi connectivity index (χ1) is 17.4. The molecule has 182 valence electrons. The Morgan fingerprint density at radius 3 is 2.56 bits per heavy atom. The maximum atomic E-state index is 13.7. The zero-order valence-corrected chi connectivity index (χ0v) is 20.5. The lowest BCUT2D eigenvalue weighted by atomic mass is 9.98. The summed E-state index contributed by atoms with van der Waals surface area (Å²) < 4.78 is 15.2. The molecule has 4 aromatic rings. The molecule has 0 spiro atoms. The maximum Gasteiger partial charge on any atom is 0.252 e. The highest BCUT2D eigenvalue weighted by molar-refractivity contribution is 5.89. The van der Waals surface area contributed by atoms with E-state index in [9.17, 15) is 14.4 Å². The zero-order chi connectivity index (χ0) is 25.4. The number of aryl methyl sites for hydroxylation is 2. The highest BCUT2D eigenvalue weighted by Gasteiger charge is 2.32. The molecule has 1 saturated heterocycles. The van der Waals surface area contributed by atoms with Crippen molar-refractivity contribution in [3.05, 3.63) is 99.5 Å². The first-order valence-electron chi connectivity index (χ1n) is 12.0. The van der Waals surface area contributed by atoms with Crippen LogP contribution >= 0.6 is 0 Å². The van der Waals surface area contributed by atoms with E-state index >= 15 is 0 Å². The van der Waals surface area contributed by atoms with Crippen LogP contribution in [0.15, 0.2) is 65.6 Å². The molecular formula is C28H27FN6O. The van der Waals surface area contributed by atoms with Gasteiger partial charge in [0.25, 0.3) is 5.56 Å². The third-order valence-electron chi connectivity index (χ3n) is 6.94. The fourth-order valence-corrected chi connectivity index (χ4v) is 5.04. The number of aromatic nitrogens is 3. The molecule has 8 heteroatoms. The minimum atomic E-state index is -0.360. The Hall–Kier alpha value is -4.09. The van der Waals surface area contributed by atoms with Crippen LogP contribution < -0.4 is 10.5 Å². The third-order valence-corrected chi connectivity index (χ3v) is 6.94. The summed E-state index contributed by atoms with van der Waals surface area (Å²) in [4.78, 5) is 26.3. The second-order valence-corrected chi connectivity index (χ2v) is 9.35. The lowest BCUT2D eigenvalue weighted by Crippen LogP contribution is -2.53. The summed E-state index contributed by atoms with van der Waals surface area (Å²) in [6.07, 6.45) is 1.26. The SMILES string of the molecule is Cc1ccc(C(c2ccc(F)cn2)N2CCN(c3cc(=O)n(C)c4ccc(C#N)nc34)[C@@H](C)C2)cc1. The number of hydrogen-bond donors (Lipinski definition) is 0. The van der Waals surface area contributed by atoms with Crippen molar-refractivity contribution >= 4 is 16.7 Å². The van der Waals surface area contributed by atoms with Crippen LogP contribution in [0.1, 0.15) is 35.5 Å². The topological polar surface area (TPSA) is 78.0 Å². The number of anilines is 1. The van der Waals surface area contributed by atoms with E-state index in [0.717, 1.165) is 16.9 Å². The fraction of sp³-hybridized carbons (Fsp3) is 0.286. The molecule has 1 unspecified atom stereocenters. The molecule has 3 aromatic heterocycles. The van der Waals surface area contributed by atoms with Gasteiger partial charge in [-0.05, 0) is 43.7 Å². The Balaban J connectivity index is 1.51. The largest absolute Gasteiger partial charge is 0.364 e. The van der Waals surface area contributed by atoms with E-state index in [1.807, 2.05) is 0 Å². The summed E-state index contributed by atoms with van der Waals surface area (Å²) in [6.45, 7) is 6.23. The molecule has 0 aliphatic carbocycles. The Morgan fingerprint density at radius 1 is 1.11 bits per heavy atom. The number of fused-ring (bicyclic) bond motifs is 1. The van der Waals surface area contributed by atoms with Gasteiger partial charge in [0.2, 0.25) is 0 Å². The van der Waals surface area contributed by atoms with Gasteiger partial charge < -0.3 is 9.47 Å². The number of halogens is 1. The molecule has 2 atom stereocenters. The molecule has 7 nitrogen and oxygen atoms in total. The minimum absolute atomic E-state index is 0.0509. The van der Waals surface area contributed by atoms with Gasteiger partial charge in [-0.3, -0.25) is 14.7 Å². The van der Waals surface area contributed by atoms with Gasteiger partial charge in [0.05, 0.1) is 29.1 Å². The molecule has 0 amide bonds. The van der Waals surface area contributed by atoms with Crippen LogP contribution in [0.25, 0.3) is 11.0 Å².